The van der Waals surface area contributed by atoms with E-state index >= 15 is 0 Å². The molecule has 0 aliphatic carbocycles. The second-order valence-corrected chi connectivity index (χ2v) is 3.93. The predicted octanol–water partition coefficient (Wildman–Crippen LogP) is -0.286. The van der Waals surface area contributed by atoms with Crippen molar-refractivity contribution in [2.75, 3.05) is 25.1 Å². The third-order valence-electron chi connectivity index (χ3n) is 2.26. The van der Waals surface area contributed by atoms with Crippen LogP contribution in [-0.2, 0) is 9.53 Å². The second-order valence-electron chi connectivity index (χ2n) is 3.93. The molecule has 0 heterocycles. The van der Waals surface area contributed by atoms with Crippen molar-refractivity contribution < 1.29 is 29.3 Å². The van der Waals surface area contributed by atoms with Crippen molar-refractivity contribution in [3.8, 4) is 5.75 Å². The Bertz CT molecular complexity index is 546. The molecular formula is C12H15N3O6. The summed E-state index contributed by atoms with van der Waals surface area (Å²) < 4.78 is 4.83. The van der Waals surface area contributed by atoms with Gasteiger partial charge in [-0.3, -0.25) is 4.79 Å². The lowest BCUT2D eigenvalue weighted by Crippen LogP contribution is -2.32. The number of hydrogen-bond acceptors (Lipinski definition) is 5. The van der Waals surface area contributed by atoms with E-state index < -0.39 is 17.9 Å². The van der Waals surface area contributed by atoms with Gasteiger partial charge in [0.25, 0.3) is 0 Å². The number of anilines is 1. The highest BCUT2D eigenvalue weighted by Crippen LogP contribution is 2.21. The summed E-state index contributed by atoms with van der Waals surface area (Å²) in [5.74, 6) is -2.13. The van der Waals surface area contributed by atoms with Gasteiger partial charge in [-0.05, 0) is 18.2 Å². The van der Waals surface area contributed by atoms with Gasteiger partial charge in [0.05, 0.1) is 17.9 Å². The number of rotatable bonds is 7. The van der Waals surface area contributed by atoms with E-state index in [9.17, 15) is 19.5 Å². The van der Waals surface area contributed by atoms with Gasteiger partial charge < -0.3 is 31.3 Å². The van der Waals surface area contributed by atoms with Crippen LogP contribution in [0.4, 0.5) is 10.5 Å². The highest BCUT2D eigenvalue weighted by Gasteiger charge is 2.13. The number of benzene rings is 1. The monoisotopic (exact) mass is 297 g/mol. The molecule has 3 amide bonds. The number of nitrogens with two attached hydrogens (primary N) is 1. The summed E-state index contributed by atoms with van der Waals surface area (Å²) in [7, 11) is 0. The Kier molecular flexibility index (Phi) is 5.96. The molecule has 0 fully saturated rings. The number of carbonyl (C=O) groups excluding carboxylic acids is 2. The lowest BCUT2D eigenvalue weighted by atomic mass is 10.1. The molecule has 0 aliphatic rings. The topological polar surface area (TPSA) is 151 Å². The van der Waals surface area contributed by atoms with Crippen LogP contribution < -0.4 is 16.4 Å². The number of urea groups is 1. The van der Waals surface area contributed by atoms with E-state index in [1.54, 1.807) is 0 Å². The number of nitrogens with one attached hydrogen (secondary N) is 2. The van der Waals surface area contributed by atoms with Crippen molar-refractivity contribution in [2.45, 2.75) is 0 Å². The Morgan fingerprint density at radius 2 is 2.00 bits per heavy atom. The van der Waals surface area contributed by atoms with E-state index in [1.165, 1.54) is 12.1 Å². The van der Waals surface area contributed by atoms with Gasteiger partial charge in [0, 0.05) is 6.54 Å². The van der Waals surface area contributed by atoms with Crippen molar-refractivity contribution in [3.63, 3.8) is 0 Å². The summed E-state index contributed by atoms with van der Waals surface area (Å²) in [6, 6.07) is 2.89. The summed E-state index contributed by atoms with van der Waals surface area (Å²) in [4.78, 5) is 32.9. The van der Waals surface area contributed by atoms with Crippen molar-refractivity contribution in [1.29, 1.82) is 0 Å². The number of aromatic hydroxyl groups is 1. The highest BCUT2D eigenvalue weighted by atomic mass is 16.5. The van der Waals surface area contributed by atoms with Crippen molar-refractivity contribution >= 4 is 23.6 Å². The molecule has 0 radical (unpaired) electrons. The first kappa shape index (κ1) is 16.2. The standard InChI is InChI=1S/C12H15N3O6/c13-10(17)6-21-4-3-14-12(20)15-9-2-1-7(16)5-8(9)11(18)19/h1-2,5,16H,3-4,6H2,(H2,13,17)(H,18,19)(H2,14,15,20). The third-order valence-corrected chi connectivity index (χ3v) is 2.26. The lowest BCUT2D eigenvalue weighted by Gasteiger charge is -2.10. The van der Waals surface area contributed by atoms with Gasteiger partial charge in [0.1, 0.15) is 12.4 Å². The Morgan fingerprint density at radius 3 is 2.62 bits per heavy atom. The fourth-order valence-corrected chi connectivity index (χ4v) is 1.39. The molecule has 0 aliphatic heterocycles. The van der Waals surface area contributed by atoms with Crippen LogP contribution in [0, 0.1) is 0 Å². The van der Waals surface area contributed by atoms with E-state index in [-0.39, 0.29) is 36.8 Å². The Hall–Kier alpha value is -2.81. The minimum atomic E-state index is -1.29. The molecule has 1 aromatic rings. The van der Waals surface area contributed by atoms with E-state index in [4.69, 9.17) is 15.6 Å². The molecule has 6 N–H and O–H groups in total. The normalized spacial score (nSPS) is 9.90. The molecule has 9 nitrogen and oxygen atoms in total. The maximum atomic E-state index is 11.5. The molecule has 9 heteroatoms. The Labute approximate surface area is 119 Å². The average molecular weight is 297 g/mol. The van der Waals surface area contributed by atoms with Gasteiger partial charge in [-0.1, -0.05) is 0 Å². The van der Waals surface area contributed by atoms with Crippen LogP contribution in [0.25, 0.3) is 0 Å². The van der Waals surface area contributed by atoms with Crippen LogP contribution in [0.1, 0.15) is 10.4 Å². The first-order chi connectivity index (χ1) is 9.90. The number of aromatic carboxylic acids is 1. The zero-order valence-corrected chi connectivity index (χ0v) is 11.0. The largest absolute Gasteiger partial charge is 0.508 e. The van der Waals surface area contributed by atoms with E-state index in [1.807, 2.05) is 0 Å². The first-order valence-corrected chi connectivity index (χ1v) is 5.87. The predicted molar refractivity (Wildman–Crippen MR) is 72.1 cm³/mol. The third kappa shape index (κ3) is 5.78. The fourth-order valence-electron chi connectivity index (χ4n) is 1.39. The van der Waals surface area contributed by atoms with Crippen LogP contribution in [0.5, 0.6) is 5.75 Å². The molecule has 0 unspecified atom stereocenters. The van der Waals surface area contributed by atoms with Crippen molar-refractivity contribution in [2.24, 2.45) is 5.73 Å². The molecule has 0 aromatic heterocycles. The average Bonchev–Trinajstić information content (AvgIpc) is 2.39. The quantitative estimate of drug-likeness (QED) is 0.344. The van der Waals surface area contributed by atoms with E-state index in [0.717, 1.165) is 6.07 Å². The summed E-state index contributed by atoms with van der Waals surface area (Å²) in [6.07, 6.45) is 0. The molecule has 1 rings (SSSR count). The minimum absolute atomic E-state index is 0.0378. The number of primary amides is 1. The molecule has 0 saturated heterocycles. The van der Waals surface area contributed by atoms with Gasteiger partial charge in [-0.15, -0.1) is 0 Å². The molecule has 0 atom stereocenters. The van der Waals surface area contributed by atoms with Crippen molar-refractivity contribution in [3.05, 3.63) is 23.8 Å². The summed E-state index contributed by atoms with van der Waals surface area (Å²) in [6.45, 7) is -0.0538. The SMILES string of the molecule is NC(=O)COCCNC(=O)Nc1ccc(O)cc1C(=O)O. The van der Waals surface area contributed by atoms with E-state index in [0.29, 0.717) is 0 Å². The molecular weight excluding hydrogens is 282 g/mol. The number of amides is 3. The smallest absolute Gasteiger partial charge is 0.337 e. The van der Waals surface area contributed by atoms with Gasteiger partial charge >= 0.3 is 12.0 Å². The number of phenolic OH excluding ortho intramolecular Hbond substituents is 1. The summed E-state index contributed by atoms with van der Waals surface area (Å²) in [5, 5.41) is 22.9. The summed E-state index contributed by atoms with van der Waals surface area (Å²) >= 11 is 0. The molecule has 0 saturated carbocycles. The number of carboxylic acids is 1. The van der Waals surface area contributed by atoms with Crippen LogP contribution in [0.2, 0.25) is 0 Å². The number of phenols is 1. The fraction of sp³-hybridized carbons (Fsp3) is 0.250. The number of carboxylic acid groups (broad SMARTS) is 1. The van der Waals surface area contributed by atoms with Gasteiger partial charge in [0.15, 0.2) is 0 Å². The maximum absolute atomic E-state index is 11.5. The molecule has 1 aromatic carbocycles. The van der Waals surface area contributed by atoms with E-state index in [2.05, 4.69) is 10.6 Å². The zero-order chi connectivity index (χ0) is 15.8. The number of carbonyl (C=O) groups is 3. The van der Waals surface area contributed by atoms with Crippen LogP contribution in [0.15, 0.2) is 18.2 Å². The molecule has 0 spiro atoms. The van der Waals surface area contributed by atoms with Gasteiger partial charge in [0.2, 0.25) is 5.91 Å². The van der Waals surface area contributed by atoms with Crippen LogP contribution in [0.3, 0.4) is 0 Å². The van der Waals surface area contributed by atoms with Crippen LogP contribution in [-0.4, -0.2) is 47.9 Å². The lowest BCUT2D eigenvalue weighted by molar-refractivity contribution is -0.122. The second kappa shape index (κ2) is 7.70. The molecule has 21 heavy (non-hydrogen) atoms. The first-order valence-electron chi connectivity index (χ1n) is 5.87. The Balaban J connectivity index is 2.48. The number of ether oxygens (including phenoxy) is 1. The number of hydrogen-bond donors (Lipinski definition) is 5. The highest BCUT2D eigenvalue weighted by molar-refractivity contribution is 6.00. The van der Waals surface area contributed by atoms with Gasteiger partial charge in [-0.2, -0.15) is 0 Å². The molecule has 114 valence electrons. The van der Waals surface area contributed by atoms with Gasteiger partial charge in [-0.25, -0.2) is 9.59 Å². The Morgan fingerprint density at radius 1 is 1.29 bits per heavy atom. The molecule has 0 bridgehead atoms. The summed E-state index contributed by atoms with van der Waals surface area (Å²) in [5.41, 5.74) is 4.65. The maximum Gasteiger partial charge on any atom is 0.337 e. The zero-order valence-electron chi connectivity index (χ0n) is 11.0. The van der Waals surface area contributed by atoms with Crippen LogP contribution >= 0.6 is 0 Å². The van der Waals surface area contributed by atoms with Crippen molar-refractivity contribution in [1.82, 2.24) is 5.32 Å². The minimum Gasteiger partial charge on any atom is -0.508 e.